The van der Waals surface area contributed by atoms with Crippen LogP contribution in [0, 0.1) is 5.92 Å². The summed E-state index contributed by atoms with van der Waals surface area (Å²) in [5.74, 6) is 0.472. The minimum atomic E-state index is -0.137. The van der Waals surface area contributed by atoms with Crippen molar-refractivity contribution in [2.75, 3.05) is 5.73 Å². The second-order valence-corrected chi connectivity index (χ2v) is 5.84. The van der Waals surface area contributed by atoms with Gasteiger partial charge in [-0.05, 0) is 25.2 Å². The van der Waals surface area contributed by atoms with Gasteiger partial charge in [-0.2, -0.15) is 0 Å². The fourth-order valence-electron chi connectivity index (χ4n) is 2.65. The molecule has 1 heterocycles. The number of nitrogens with zero attached hydrogens (tertiary/aromatic N) is 2. The molecule has 1 aromatic heterocycles. The van der Waals surface area contributed by atoms with Crippen molar-refractivity contribution in [1.29, 1.82) is 0 Å². The maximum Gasteiger partial charge on any atom is 0.282 e. The van der Waals surface area contributed by atoms with Crippen LogP contribution in [-0.2, 0) is 0 Å². The average Bonchev–Trinajstić information content (AvgIpc) is 2.83. The Labute approximate surface area is 111 Å². The minimum Gasteiger partial charge on any atom is -0.374 e. The van der Waals surface area contributed by atoms with E-state index in [-0.39, 0.29) is 11.9 Å². The number of anilines is 1. The summed E-state index contributed by atoms with van der Waals surface area (Å²) in [6.45, 7) is 2.12. The van der Waals surface area contributed by atoms with Crippen molar-refractivity contribution in [3.8, 4) is 0 Å². The first-order chi connectivity index (χ1) is 8.70. The number of aromatic nitrogens is 2. The molecular weight excluding hydrogens is 248 g/mol. The Morgan fingerprint density at radius 2 is 2.17 bits per heavy atom. The lowest BCUT2D eigenvalue weighted by Gasteiger charge is -2.29. The molecule has 2 rings (SSSR count). The average molecular weight is 268 g/mol. The summed E-state index contributed by atoms with van der Waals surface area (Å²) in [7, 11) is 0. The lowest BCUT2D eigenvalue weighted by atomic mass is 9.83. The lowest BCUT2D eigenvalue weighted by molar-refractivity contribution is 0.0910. The molecule has 1 atom stereocenters. The van der Waals surface area contributed by atoms with E-state index in [0.717, 1.165) is 17.8 Å². The van der Waals surface area contributed by atoms with Gasteiger partial charge < -0.3 is 11.1 Å². The Morgan fingerprint density at radius 3 is 2.72 bits per heavy atom. The van der Waals surface area contributed by atoms with Gasteiger partial charge >= 0.3 is 0 Å². The number of nitrogen functional groups attached to an aromatic ring is 1. The fourth-order valence-corrected chi connectivity index (χ4v) is 3.16. The quantitative estimate of drug-likeness (QED) is 0.877. The van der Waals surface area contributed by atoms with E-state index in [1.165, 1.54) is 32.1 Å². The van der Waals surface area contributed by atoms with Crippen LogP contribution in [0.4, 0.5) is 5.13 Å². The molecule has 18 heavy (non-hydrogen) atoms. The molecule has 1 unspecified atom stereocenters. The predicted molar refractivity (Wildman–Crippen MR) is 72.4 cm³/mol. The van der Waals surface area contributed by atoms with Crippen molar-refractivity contribution < 1.29 is 4.79 Å². The molecule has 1 aromatic rings. The van der Waals surface area contributed by atoms with Crippen molar-refractivity contribution in [2.45, 2.75) is 51.5 Å². The van der Waals surface area contributed by atoms with E-state index in [1.54, 1.807) is 0 Å². The first-order valence-electron chi connectivity index (χ1n) is 6.60. The van der Waals surface area contributed by atoms with Crippen LogP contribution in [0.3, 0.4) is 0 Å². The van der Waals surface area contributed by atoms with E-state index in [1.807, 2.05) is 0 Å². The Balaban J connectivity index is 1.95. The van der Waals surface area contributed by atoms with Gasteiger partial charge in [0, 0.05) is 6.04 Å². The van der Waals surface area contributed by atoms with Gasteiger partial charge in [-0.25, -0.2) is 0 Å². The first-order valence-corrected chi connectivity index (χ1v) is 7.42. The summed E-state index contributed by atoms with van der Waals surface area (Å²) in [5.41, 5.74) is 5.49. The lowest BCUT2D eigenvalue weighted by Crippen LogP contribution is -2.40. The monoisotopic (exact) mass is 268 g/mol. The standard InChI is InChI=1S/C12H20N4OS/c1-2-9(8-6-4-3-5-7-8)14-10(17)11-15-16-12(13)18-11/h8-9H,2-7H2,1H3,(H2,13,16)(H,14,17). The maximum atomic E-state index is 12.0. The summed E-state index contributed by atoms with van der Waals surface area (Å²) < 4.78 is 0. The van der Waals surface area contributed by atoms with Crippen molar-refractivity contribution >= 4 is 22.4 Å². The molecule has 0 aliphatic heterocycles. The third-order valence-electron chi connectivity index (χ3n) is 3.61. The fraction of sp³-hybridized carbons (Fsp3) is 0.750. The van der Waals surface area contributed by atoms with Gasteiger partial charge in [0.1, 0.15) is 0 Å². The molecule has 0 radical (unpaired) electrons. The van der Waals surface area contributed by atoms with Crippen LogP contribution in [0.1, 0.15) is 55.3 Å². The van der Waals surface area contributed by atoms with Gasteiger partial charge in [0.05, 0.1) is 0 Å². The number of amides is 1. The van der Waals surface area contributed by atoms with Crippen LogP contribution in [0.15, 0.2) is 0 Å². The normalized spacial score (nSPS) is 18.5. The molecule has 0 spiro atoms. The zero-order chi connectivity index (χ0) is 13.0. The zero-order valence-corrected chi connectivity index (χ0v) is 11.5. The van der Waals surface area contributed by atoms with Crippen molar-refractivity contribution in [2.24, 2.45) is 5.92 Å². The van der Waals surface area contributed by atoms with Gasteiger partial charge in [-0.3, -0.25) is 4.79 Å². The number of carbonyl (C=O) groups excluding carboxylic acids is 1. The third-order valence-corrected chi connectivity index (χ3v) is 4.36. The summed E-state index contributed by atoms with van der Waals surface area (Å²) >= 11 is 1.14. The predicted octanol–water partition coefficient (Wildman–Crippen LogP) is 2.21. The van der Waals surface area contributed by atoms with Crippen molar-refractivity contribution in [3.63, 3.8) is 0 Å². The Bertz CT molecular complexity index is 401. The number of carbonyl (C=O) groups is 1. The summed E-state index contributed by atoms with van der Waals surface area (Å²) in [6, 6.07) is 0.253. The molecule has 0 bridgehead atoms. The zero-order valence-electron chi connectivity index (χ0n) is 10.7. The van der Waals surface area contributed by atoms with Gasteiger partial charge in [-0.1, -0.05) is 37.5 Å². The van der Waals surface area contributed by atoms with Gasteiger partial charge in [0.15, 0.2) is 0 Å². The number of nitrogens with two attached hydrogens (primary N) is 1. The van der Waals surface area contributed by atoms with Crippen molar-refractivity contribution in [3.05, 3.63) is 5.01 Å². The van der Waals surface area contributed by atoms with Crippen LogP contribution < -0.4 is 11.1 Å². The molecule has 1 aliphatic rings. The van der Waals surface area contributed by atoms with E-state index in [0.29, 0.717) is 16.1 Å². The molecule has 3 N–H and O–H groups in total. The van der Waals surface area contributed by atoms with Crippen LogP contribution in [0.25, 0.3) is 0 Å². The highest BCUT2D eigenvalue weighted by molar-refractivity contribution is 7.16. The molecule has 5 nitrogen and oxygen atoms in total. The number of rotatable bonds is 4. The molecule has 1 fully saturated rings. The smallest absolute Gasteiger partial charge is 0.282 e. The van der Waals surface area contributed by atoms with E-state index < -0.39 is 0 Å². The van der Waals surface area contributed by atoms with Crippen molar-refractivity contribution in [1.82, 2.24) is 15.5 Å². The van der Waals surface area contributed by atoms with Crippen LogP contribution in [0.5, 0.6) is 0 Å². The van der Waals surface area contributed by atoms with E-state index in [4.69, 9.17) is 5.73 Å². The topological polar surface area (TPSA) is 80.9 Å². The molecule has 6 heteroatoms. The van der Waals surface area contributed by atoms with Crippen LogP contribution in [0.2, 0.25) is 0 Å². The number of hydrogen-bond acceptors (Lipinski definition) is 5. The molecular formula is C12H20N4OS. The highest BCUT2D eigenvalue weighted by Crippen LogP contribution is 2.28. The first kappa shape index (κ1) is 13.3. The minimum absolute atomic E-state index is 0.137. The summed E-state index contributed by atoms with van der Waals surface area (Å²) in [6.07, 6.45) is 7.29. The third kappa shape index (κ3) is 3.19. The second kappa shape index (κ2) is 6.13. The van der Waals surface area contributed by atoms with E-state index in [9.17, 15) is 4.79 Å². The molecule has 1 aliphatic carbocycles. The highest BCUT2D eigenvalue weighted by atomic mass is 32.1. The molecule has 1 saturated carbocycles. The molecule has 0 aromatic carbocycles. The number of hydrogen-bond donors (Lipinski definition) is 2. The summed E-state index contributed by atoms with van der Waals surface area (Å²) in [4.78, 5) is 12.0. The SMILES string of the molecule is CCC(NC(=O)c1nnc(N)s1)C1CCCCC1. The molecule has 0 saturated heterocycles. The molecule has 1 amide bonds. The largest absolute Gasteiger partial charge is 0.374 e. The Kier molecular flexibility index (Phi) is 4.52. The van der Waals surface area contributed by atoms with Crippen LogP contribution in [-0.4, -0.2) is 22.1 Å². The Hall–Kier alpha value is -1.17. The van der Waals surface area contributed by atoms with Crippen LogP contribution >= 0.6 is 11.3 Å². The maximum absolute atomic E-state index is 12.0. The second-order valence-electron chi connectivity index (χ2n) is 4.83. The van der Waals surface area contributed by atoms with E-state index >= 15 is 0 Å². The van der Waals surface area contributed by atoms with Gasteiger partial charge in [0.25, 0.3) is 5.91 Å². The number of nitrogens with one attached hydrogen (secondary N) is 1. The van der Waals surface area contributed by atoms with Gasteiger partial charge in [-0.15, -0.1) is 10.2 Å². The highest BCUT2D eigenvalue weighted by Gasteiger charge is 2.25. The summed E-state index contributed by atoms with van der Waals surface area (Å²) in [5, 5.41) is 11.2. The Morgan fingerprint density at radius 1 is 1.44 bits per heavy atom. The molecule has 100 valence electrons. The van der Waals surface area contributed by atoms with E-state index in [2.05, 4.69) is 22.4 Å². The van der Waals surface area contributed by atoms with Gasteiger partial charge in [0.2, 0.25) is 10.1 Å².